The average molecular weight is 405 g/mol. The van der Waals surface area contributed by atoms with Crippen molar-refractivity contribution in [2.75, 3.05) is 11.3 Å². The molecule has 1 aliphatic rings. The van der Waals surface area contributed by atoms with E-state index in [0.717, 1.165) is 18.2 Å². The predicted molar refractivity (Wildman–Crippen MR) is 76.3 cm³/mol. The molecule has 7 nitrogen and oxygen atoms in total. The minimum Gasteiger partial charge on any atom is -0.466 e. The fraction of sp³-hybridized carbons (Fsp3) is 0.462. The van der Waals surface area contributed by atoms with Gasteiger partial charge in [0.05, 0.1) is 18.7 Å². The van der Waals surface area contributed by atoms with E-state index in [4.69, 9.17) is 0 Å². The summed E-state index contributed by atoms with van der Waals surface area (Å²) < 4.78 is 103. The highest BCUT2D eigenvalue weighted by Gasteiger charge is 2.50. The molecule has 1 atom stereocenters. The van der Waals surface area contributed by atoms with Crippen LogP contribution in [-0.4, -0.2) is 38.7 Å². The Morgan fingerprint density at radius 2 is 1.88 bits per heavy atom. The van der Waals surface area contributed by atoms with Gasteiger partial charge in [0.1, 0.15) is 0 Å². The molecule has 0 bridgehead atoms. The first-order valence-corrected chi connectivity index (χ1v) is 8.52. The quantitative estimate of drug-likeness (QED) is 0.578. The summed E-state index contributed by atoms with van der Waals surface area (Å²) in [7, 11) is -5.15. The van der Waals surface area contributed by atoms with Gasteiger partial charge in [0, 0.05) is 6.07 Å². The fourth-order valence-electron chi connectivity index (χ4n) is 2.02. The molecule has 1 aromatic carbocycles. The topological polar surface area (TPSA) is 90.9 Å². The van der Waals surface area contributed by atoms with Crippen molar-refractivity contribution in [3.05, 3.63) is 18.2 Å². The SMILES string of the molecule is CCOC(=O)CC(C(F)(F)F)S(=O)(=O)Nc1ccc2c(c1)OC(F)(F)O2. The van der Waals surface area contributed by atoms with Crippen molar-refractivity contribution in [2.24, 2.45) is 0 Å². The van der Waals surface area contributed by atoms with Crippen molar-refractivity contribution in [3.63, 3.8) is 0 Å². The molecule has 0 aliphatic carbocycles. The lowest BCUT2D eigenvalue weighted by atomic mass is 10.3. The Bertz CT molecular complexity index is 795. The number of carbonyl (C=O) groups excluding carboxylic acids is 1. The number of halogens is 5. The molecule has 1 aliphatic heterocycles. The lowest BCUT2D eigenvalue weighted by Crippen LogP contribution is -2.42. The maximum Gasteiger partial charge on any atom is 0.586 e. The summed E-state index contributed by atoms with van der Waals surface area (Å²) in [5.41, 5.74) is -0.483. The molecule has 26 heavy (non-hydrogen) atoms. The molecule has 1 heterocycles. The van der Waals surface area contributed by atoms with Crippen molar-refractivity contribution in [1.29, 1.82) is 0 Å². The van der Waals surface area contributed by atoms with Crippen molar-refractivity contribution in [3.8, 4) is 11.5 Å². The number of nitrogens with one attached hydrogen (secondary N) is 1. The third kappa shape index (κ3) is 4.65. The van der Waals surface area contributed by atoms with Gasteiger partial charge in [0.2, 0.25) is 10.0 Å². The number of hydrogen-bond donors (Lipinski definition) is 1. The van der Waals surface area contributed by atoms with E-state index >= 15 is 0 Å². The van der Waals surface area contributed by atoms with Gasteiger partial charge in [-0.2, -0.15) is 13.2 Å². The van der Waals surface area contributed by atoms with Crippen LogP contribution in [0.25, 0.3) is 0 Å². The highest BCUT2D eigenvalue weighted by atomic mass is 32.2. The molecule has 0 spiro atoms. The first kappa shape index (κ1) is 20.0. The van der Waals surface area contributed by atoms with Gasteiger partial charge in [-0.05, 0) is 19.1 Å². The summed E-state index contributed by atoms with van der Waals surface area (Å²) >= 11 is 0. The van der Waals surface area contributed by atoms with Gasteiger partial charge >= 0.3 is 18.4 Å². The summed E-state index contributed by atoms with van der Waals surface area (Å²) in [5.74, 6) is -2.34. The molecule has 0 fully saturated rings. The molecule has 0 aromatic heterocycles. The van der Waals surface area contributed by atoms with E-state index < -0.39 is 57.3 Å². The Balaban J connectivity index is 2.24. The number of esters is 1. The van der Waals surface area contributed by atoms with Crippen LogP contribution in [0.5, 0.6) is 11.5 Å². The van der Waals surface area contributed by atoms with Crippen LogP contribution in [0.3, 0.4) is 0 Å². The Kier molecular flexibility index (Phi) is 5.21. The zero-order valence-electron chi connectivity index (χ0n) is 13.0. The molecule has 0 radical (unpaired) electrons. The first-order chi connectivity index (χ1) is 11.8. The molecular formula is C13H12F5NO6S. The highest BCUT2D eigenvalue weighted by Crippen LogP contribution is 2.42. The van der Waals surface area contributed by atoms with E-state index in [1.807, 2.05) is 0 Å². The van der Waals surface area contributed by atoms with Crippen molar-refractivity contribution in [1.82, 2.24) is 0 Å². The number of benzene rings is 1. The summed E-state index contributed by atoms with van der Waals surface area (Å²) in [6.07, 6.45) is -10.7. The Morgan fingerprint density at radius 3 is 2.46 bits per heavy atom. The number of ether oxygens (including phenoxy) is 3. The predicted octanol–water partition coefficient (Wildman–Crippen LogP) is 2.63. The summed E-state index contributed by atoms with van der Waals surface area (Å²) in [6, 6.07) is 2.52. The van der Waals surface area contributed by atoms with E-state index in [9.17, 15) is 35.2 Å². The molecule has 1 N–H and O–H groups in total. The number of sulfonamides is 1. The van der Waals surface area contributed by atoms with Crippen LogP contribution in [0, 0.1) is 0 Å². The molecule has 1 unspecified atom stereocenters. The lowest BCUT2D eigenvalue weighted by molar-refractivity contribution is -0.286. The molecule has 146 valence electrons. The normalized spacial score (nSPS) is 16.8. The van der Waals surface area contributed by atoms with E-state index in [2.05, 4.69) is 14.2 Å². The number of hydrogen-bond acceptors (Lipinski definition) is 6. The van der Waals surface area contributed by atoms with Gasteiger partial charge in [0.15, 0.2) is 16.7 Å². The number of carbonyl (C=O) groups is 1. The number of alkyl halides is 5. The van der Waals surface area contributed by atoms with Gasteiger partial charge in [-0.15, -0.1) is 8.78 Å². The Morgan fingerprint density at radius 1 is 1.27 bits per heavy atom. The zero-order valence-corrected chi connectivity index (χ0v) is 13.8. The van der Waals surface area contributed by atoms with Crippen LogP contribution in [-0.2, 0) is 19.6 Å². The Labute approximate surface area is 144 Å². The molecule has 1 aromatic rings. The monoisotopic (exact) mass is 405 g/mol. The maximum atomic E-state index is 13.1. The second-order valence-electron chi connectivity index (χ2n) is 5.02. The third-order valence-corrected chi connectivity index (χ3v) is 4.76. The molecule has 2 rings (SSSR count). The standard InChI is InChI=1S/C13H12F5NO6S/c1-2-23-11(20)6-10(12(14,15)16)26(21,22)19-7-3-4-8-9(5-7)25-13(17,18)24-8/h3-5,10,19H,2,6H2,1H3. The van der Waals surface area contributed by atoms with E-state index in [-0.39, 0.29) is 6.61 Å². The van der Waals surface area contributed by atoms with E-state index in [1.54, 1.807) is 4.72 Å². The van der Waals surface area contributed by atoms with Gasteiger partial charge in [-0.25, -0.2) is 8.42 Å². The molecular weight excluding hydrogens is 393 g/mol. The van der Waals surface area contributed by atoms with Gasteiger partial charge in [-0.1, -0.05) is 0 Å². The number of fused-ring (bicyclic) bond motifs is 1. The maximum absolute atomic E-state index is 13.1. The molecule has 0 saturated heterocycles. The summed E-state index contributed by atoms with van der Waals surface area (Å²) in [5, 5.41) is -3.10. The third-order valence-electron chi connectivity index (χ3n) is 3.06. The second kappa shape index (κ2) is 6.78. The lowest BCUT2D eigenvalue weighted by Gasteiger charge is -2.20. The fourth-order valence-corrected chi connectivity index (χ4v) is 3.33. The van der Waals surface area contributed by atoms with Crippen LogP contribution in [0.4, 0.5) is 27.6 Å². The van der Waals surface area contributed by atoms with Gasteiger partial charge in [-0.3, -0.25) is 9.52 Å². The van der Waals surface area contributed by atoms with Crippen LogP contribution >= 0.6 is 0 Å². The number of rotatable bonds is 6. The van der Waals surface area contributed by atoms with Crippen molar-refractivity contribution < 1.29 is 49.4 Å². The largest absolute Gasteiger partial charge is 0.586 e. The smallest absolute Gasteiger partial charge is 0.466 e. The minimum atomic E-state index is -5.28. The van der Waals surface area contributed by atoms with Crippen LogP contribution in [0.2, 0.25) is 0 Å². The minimum absolute atomic E-state index is 0.229. The van der Waals surface area contributed by atoms with Crippen molar-refractivity contribution in [2.45, 2.75) is 31.1 Å². The van der Waals surface area contributed by atoms with Crippen LogP contribution < -0.4 is 14.2 Å². The van der Waals surface area contributed by atoms with Gasteiger partial charge < -0.3 is 14.2 Å². The second-order valence-corrected chi connectivity index (χ2v) is 6.88. The molecule has 0 amide bonds. The van der Waals surface area contributed by atoms with Crippen molar-refractivity contribution >= 4 is 21.7 Å². The zero-order chi connectivity index (χ0) is 19.8. The molecule has 13 heteroatoms. The van der Waals surface area contributed by atoms with E-state index in [1.165, 1.54) is 6.92 Å². The van der Waals surface area contributed by atoms with Gasteiger partial charge in [0.25, 0.3) is 0 Å². The van der Waals surface area contributed by atoms with Crippen LogP contribution in [0.1, 0.15) is 13.3 Å². The molecule has 0 saturated carbocycles. The first-order valence-electron chi connectivity index (χ1n) is 6.98. The highest BCUT2D eigenvalue weighted by molar-refractivity contribution is 7.93. The average Bonchev–Trinajstić information content (AvgIpc) is 2.76. The number of anilines is 1. The van der Waals surface area contributed by atoms with Crippen LogP contribution in [0.15, 0.2) is 18.2 Å². The Hall–Kier alpha value is -2.31. The van der Waals surface area contributed by atoms with E-state index in [0.29, 0.717) is 0 Å². The summed E-state index contributed by atoms with van der Waals surface area (Å²) in [4.78, 5) is 11.3. The summed E-state index contributed by atoms with van der Waals surface area (Å²) in [6.45, 7) is 1.11.